The van der Waals surface area contributed by atoms with Crippen LogP contribution < -0.4 is 5.73 Å². The van der Waals surface area contributed by atoms with Crippen molar-refractivity contribution in [2.75, 3.05) is 13.2 Å². The topological polar surface area (TPSA) is 145 Å². The van der Waals surface area contributed by atoms with Gasteiger partial charge in [0.25, 0.3) is 0 Å². The summed E-state index contributed by atoms with van der Waals surface area (Å²) in [6, 6.07) is 29.9. The summed E-state index contributed by atoms with van der Waals surface area (Å²) >= 11 is 0. The minimum atomic E-state index is -1.13. The highest BCUT2D eigenvalue weighted by molar-refractivity contribution is 5.79. The summed E-state index contributed by atoms with van der Waals surface area (Å²) in [7, 11) is 0. The third kappa shape index (κ3) is 11.7. The van der Waals surface area contributed by atoms with Crippen molar-refractivity contribution >= 4 is 5.97 Å². The predicted octanol–water partition coefficient (Wildman–Crippen LogP) is 13.7. The molecule has 4 saturated carbocycles. The lowest BCUT2D eigenvalue weighted by Gasteiger charge is -2.70. The molecule has 3 aromatic rings. The van der Waals surface area contributed by atoms with E-state index in [0.29, 0.717) is 31.2 Å². The highest BCUT2D eigenvalue weighted by Gasteiger charge is 2.69. The van der Waals surface area contributed by atoms with Crippen molar-refractivity contribution in [3.8, 4) is 0 Å². The van der Waals surface area contributed by atoms with Gasteiger partial charge < -0.3 is 57.8 Å². The Hall–Kier alpha value is -3.57. The number of ether oxygens (including phenoxy) is 11. The van der Waals surface area contributed by atoms with Gasteiger partial charge in [-0.25, -0.2) is 0 Å². The van der Waals surface area contributed by atoms with Crippen LogP contribution >= 0.6 is 0 Å². The van der Waals surface area contributed by atoms with Crippen LogP contribution in [0.5, 0.6) is 0 Å². The van der Waals surface area contributed by atoms with Crippen LogP contribution in [0, 0.1) is 68.5 Å². The molecule has 5 aliphatic carbocycles. The first-order valence-corrected chi connectivity index (χ1v) is 33.2. The number of esters is 1. The Morgan fingerprint density at radius 2 is 1.26 bits per heavy atom. The molecule has 86 heavy (non-hydrogen) atoms. The largest absolute Gasteiger partial charge is 0.432 e. The van der Waals surface area contributed by atoms with E-state index in [2.05, 4.69) is 92.7 Å². The Morgan fingerprint density at radius 1 is 0.628 bits per heavy atom. The smallest absolute Gasteiger partial charge is 0.315 e. The first-order chi connectivity index (χ1) is 41.0. The van der Waals surface area contributed by atoms with Gasteiger partial charge in [-0.2, -0.15) is 0 Å². The van der Waals surface area contributed by atoms with Crippen LogP contribution in [0.4, 0.5) is 0 Å². The summed E-state index contributed by atoms with van der Waals surface area (Å²) in [4.78, 5) is 16.1. The zero-order valence-corrected chi connectivity index (χ0v) is 53.8. The van der Waals surface area contributed by atoms with Gasteiger partial charge in [-0.15, -0.1) is 0 Å². The van der Waals surface area contributed by atoms with E-state index >= 15 is 4.79 Å². The summed E-state index contributed by atoms with van der Waals surface area (Å²) < 4.78 is 75.3. The molecule has 4 heterocycles. The van der Waals surface area contributed by atoms with Crippen LogP contribution in [0.25, 0.3) is 0 Å². The third-order valence-electron chi connectivity index (χ3n) is 24.3. The van der Waals surface area contributed by atoms with Crippen LogP contribution in [0.2, 0.25) is 0 Å². The van der Waals surface area contributed by atoms with Gasteiger partial charge in [-0.3, -0.25) is 4.79 Å². The van der Waals surface area contributed by atoms with E-state index in [1.54, 1.807) is 0 Å². The van der Waals surface area contributed by atoms with Crippen molar-refractivity contribution in [2.45, 2.75) is 247 Å². The minimum absolute atomic E-state index is 0.0316. The molecule has 4 saturated heterocycles. The molecule has 8 fully saturated rings. The summed E-state index contributed by atoms with van der Waals surface area (Å²) in [6.07, 6.45) is 5.75. The first-order valence-electron chi connectivity index (χ1n) is 33.2. The van der Waals surface area contributed by atoms with E-state index in [1.165, 1.54) is 31.3 Å². The van der Waals surface area contributed by atoms with Gasteiger partial charge in [0.15, 0.2) is 18.4 Å². The zero-order chi connectivity index (χ0) is 60.6. The monoisotopic (exact) mass is 1190 g/mol. The molecule has 472 valence electrons. The second-order valence-corrected chi connectivity index (χ2v) is 30.3. The quantitative estimate of drug-likeness (QED) is 0.107. The van der Waals surface area contributed by atoms with Gasteiger partial charge in [0, 0.05) is 17.9 Å². The van der Waals surface area contributed by atoms with Gasteiger partial charge in [0.05, 0.1) is 50.7 Å². The summed E-state index contributed by atoms with van der Waals surface area (Å²) in [5.41, 5.74) is 11.7. The molecule has 3 aromatic carbocycles. The fraction of sp³-hybridized carbons (Fsp3) is 0.712. The Kier molecular flexibility index (Phi) is 17.9. The SMILES string of the molecule is CC1C(OCc2ccccc2)[C@H](OCc2ccccc2)CO[C@H]1O[C@H]1C(C)O[C@@H](OC2C(C)[C@@H](N)C(COCc3ccccc3)O[C@H]2OC(=O)[C@]23CCC(C)(C)CC2C2=CCC4C5(C)CC[C@H](C)C(C)[C@@H]5CC[C@]4(C)[C@]2(C)CC3)C2OC(C)(C)OC21. The molecule has 0 aromatic heterocycles. The molecular formula is C73H103NO12. The Morgan fingerprint density at radius 3 is 1.94 bits per heavy atom. The van der Waals surface area contributed by atoms with Gasteiger partial charge in [-0.05, 0) is 153 Å². The molecule has 0 spiro atoms. The maximum atomic E-state index is 16.1. The lowest BCUT2D eigenvalue weighted by Crippen LogP contribution is -2.65. The fourth-order valence-corrected chi connectivity index (χ4v) is 18.7. The minimum Gasteiger partial charge on any atom is -0.432 e. The molecule has 12 rings (SSSR count). The molecule has 9 aliphatic rings. The van der Waals surface area contributed by atoms with Crippen LogP contribution in [0.15, 0.2) is 103 Å². The van der Waals surface area contributed by atoms with Crippen LogP contribution in [-0.4, -0.2) is 98.7 Å². The Labute approximate surface area is 514 Å². The highest BCUT2D eigenvalue weighted by Crippen LogP contribution is 2.75. The molecule has 13 heteroatoms. The van der Waals surface area contributed by atoms with Crippen molar-refractivity contribution in [3.05, 3.63) is 119 Å². The first kappa shape index (κ1) is 62.6. The molecule has 2 N–H and O–H groups in total. The lowest BCUT2D eigenvalue weighted by atomic mass is 9.34. The number of nitrogens with two attached hydrogens (primary N) is 1. The number of fused-ring (bicyclic) bond motifs is 8. The maximum absolute atomic E-state index is 16.1. The van der Waals surface area contributed by atoms with E-state index in [1.807, 2.05) is 87.5 Å². The molecule has 12 unspecified atom stereocenters. The maximum Gasteiger partial charge on any atom is 0.315 e. The number of carbonyl (C=O) groups excluding carboxylic acids is 1. The van der Waals surface area contributed by atoms with Crippen LogP contribution in [0.3, 0.4) is 0 Å². The highest BCUT2D eigenvalue weighted by atomic mass is 16.8. The molecule has 13 nitrogen and oxygen atoms in total. The second kappa shape index (κ2) is 24.6. The van der Waals surface area contributed by atoms with E-state index in [0.717, 1.165) is 73.0 Å². The van der Waals surface area contributed by atoms with Crippen molar-refractivity contribution in [2.24, 2.45) is 74.2 Å². The number of hydrogen-bond donors (Lipinski definition) is 1. The number of hydrogen-bond acceptors (Lipinski definition) is 13. The third-order valence-corrected chi connectivity index (χ3v) is 24.3. The van der Waals surface area contributed by atoms with E-state index in [-0.39, 0.29) is 65.4 Å². The molecule has 23 atom stereocenters. The van der Waals surface area contributed by atoms with Crippen LogP contribution in [0.1, 0.15) is 164 Å². The van der Waals surface area contributed by atoms with Crippen molar-refractivity contribution in [1.29, 1.82) is 0 Å². The van der Waals surface area contributed by atoms with Gasteiger partial charge in [0.1, 0.15) is 36.6 Å². The normalized spacial score (nSPS) is 44.2. The van der Waals surface area contributed by atoms with Crippen molar-refractivity contribution in [1.82, 2.24) is 0 Å². The standard InChI is InChI=1S/C73H103NO12/c1-44-30-32-70(10)52(45(44)2)31-33-72(12)57(70)29-28-53-54-38-68(6,7)34-36-73(54,37-35-71(53,72)11)67(75)84-65-60(46(3)58(74)55(81-65)42-76-39-49-22-16-13-17-23-49)82-66-63-62(85-69(8,9)86-63)61(48(5)80-66)83-64-47(4)59(78-41-51-26-20-15-21-27-51)56(43-79-64)77-40-50-24-18-14-19-25-50/h13-28,44-48,52,54-66H,29-43,74H2,1-12H3/t44-,45?,46?,47?,48?,52-,54?,55?,56+,57?,58+,59?,60?,61-,62?,63?,64-,65-,66-,70?,71+,72-,73-/m0/s1. The van der Waals surface area contributed by atoms with Crippen molar-refractivity contribution in [3.63, 3.8) is 0 Å². The average Bonchev–Trinajstić information content (AvgIpc) is 0.946. The summed E-state index contributed by atoms with van der Waals surface area (Å²) in [5.74, 6) is 1.08. The summed E-state index contributed by atoms with van der Waals surface area (Å²) in [6.45, 7) is 29.4. The second-order valence-electron chi connectivity index (χ2n) is 30.3. The fourth-order valence-electron chi connectivity index (χ4n) is 18.7. The zero-order valence-electron chi connectivity index (χ0n) is 53.8. The number of carbonyl (C=O) groups is 1. The van der Waals surface area contributed by atoms with Crippen molar-refractivity contribution < 1.29 is 56.9 Å². The molecular weight excluding hydrogens is 1080 g/mol. The number of benzene rings is 3. The van der Waals surface area contributed by atoms with E-state index < -0.39 is 72.7 Å². The molecule has 0 radical (unpaired) electrons. The van der Waals surface area contributed by atoms with Gasteiger partial charge in [0.2, 0.25) is 6.29 Å². The average molecular weight is 1190 g/mol. The lowest BCUT2D eigenvalue weighted by molar-refractivity contribution is -0.353. The molecule has 0 amide bonds. The Balaban J connectivity index is 0.802. The summed E-state index contributed by atoms with van der Waals surface area (Å²) in [5, 5.41) is 0. The van der Waals surface area contributed by atoms with Gasteiger partial charge >= 0.3 is 5.97 Å². The molecule has 0 bridgehead atoms. The van der Waals surface area contributed by atoms with Gasteiger partial charge in [-0.1, -0.05) is 165 Å². The predicted molar refractivity (Wildman–Crippen MR) is 328 cm³/mol. The van der Waals surface area contributed by atoms with E-state index in [9.17, 15) is 0 Å². The number of allylic oxidation sites excluding steroid dienone is 2. The van der Waals surface area contributed by atoms with E-state index in [4.69, 9.17) is 57.8 Å². The van der Waals surface area contributed by atoms with Crippen LogP contribution in [-0.2, 0) is 76.7 Å². The molecule has 4 aliphatic heterocycles. The number of rotatable bonds is 16. The Bertz CT molecular complexity index is 2820.